The Bertz CT molecular complexity index is 368. The molecule has 1 atom stereocenters. The summed E-state index contributed by atoms with van der Waals surface area (Å²) in [5, 5.41) is 9.55. The lowest BCUT2D eigenvalue weighted by Gasteiger charge is -2.11. The highest BCUT2D eigenvalue weighted by Gasteiger charge is 2.21. The first-order valence-electron chi connectivity index (χ1n) is 5.32. The Morgan fingerprint density at radius 2 is 1.75 bits per heavy atom. The summed E-state index contributed by atoms with van der Waals surface area (Å²) in [6.45, 7) is 3.41. The molecule has 1 N–H and O–H groups in total. The van der Waals surface area contributed by atoms with Crippen molar-refractivity contribution in [3.05, 3.63) is 35.9 Å². The molecule has 1 rings (SSSR count). The number of carbonyl (C=O) groups excluding carboxylic acids is 2. The van der Waals surface area contributed by atoms with Crippen LogP contribution in [0.5, 0.6) is 0 Å². The van der Waals surface area contributed by atoms with Crippen molar-refractivity contribution in [2.45, 2.75) is 26.4 Å². The fourth-order valence-corrected chi connectivity index (χ4v) is 1.40. The van der Waals surface area contributed by atoms with Gasteiger partial charge in [0.05, 0.1) is 0 Å². The number of ketones is 2. The third-order valence-corrected chi connectivity index (χ3v) is 2.37. The lowest BCUT2D eigenvalue weighted by atomic mass is 9.97. The van der Waals surface area contributed by atoms with Crippen LogP contribution in [0.4, 0.5) is 0 Å². The summed E-state index contributed by atoms with van der Waals surface area (Å²) in [6, 6.07) is 8.67. The summed E-state index contributed by atoms with van der Waals surface area (Å²) >= 11 is 0. The number of Topliss-reactive ketones (excluding diaryl/α,β-unsaturated/α-hetero) is 2. The summed E-state index contributed by atoms with van der Waals surface area (Å²) in [6.07, 6.45) is -1.33. The summed E-state index contributed by atoms with van der Waals surface area (Å²) in [5.41, 5.74) is 0.526. The van der Waals surface area contributed by atoms with E-state index in [1.807, 2.05) is 6.07 Å². The Kier molecular flexibility index (Phi) is 4.38. The van der Waals surface area contributed by atoms with Crippen molar-refractivity contribution in [3.63, 3.8) is 0 Å². The van der Waals surface area contributed by atoms with Crippen molar-refractivity contribution < 1.29 is 14.7 Å². The zero-order chi connectivity index (χ0) is 12.1. The minimum atomic E-state index is -1.19. The lowest BCUT2D eigenvalue weighted by Crippen LogP contribution is -2.27. The van der Waals surface area contributed by atoms with Crippen LogP contribution in [-0.2, 0) is 4.79 Å². The molecule has 0 radical (unpaired) electrons. The zero-order valence-corrected chi connectivity index (χ0v) is 9.51. The van der Waals surface area contributed by atoms with Gasteiger partial charge in [0.25, 0.3) is 0 Å². The van der Waals surface area contributed by atoms with Crippen LogP contribution in [0.25, 0.3) is 0 Å². The molecule has 0 spiro atoms. The van der Waals surface area contributed by atoms with Gasteiger partial charge >= 0.3 is 0 Å². The lowest BCUT2D eigenvalue weighted by molar-refractivity contribution is -0.130. The van der Waals surface area contributed by atoms with Gasteiger partial charge in [-0.2, -0.15) is 0 Å². The first-order chi connectivity index (χ1) is 7.52. The summed E-state index contributed by atoms with van der Waals surface area (Å²) in [7, 11) is 0. The van der Waals surface area contributed by atoms with E-state index in [4.69, 9.17) is 0 Å². The number of aliphatic hydroxyl groups excluding tert-OH is 1. The summed E-state index contributed by atoms with van der Waals surface area (Å²) in [4.78, 5) is 23.1. The van der Waals surface area contributed by atoms with E-state index in [2.05, 4.69) is 0 Å². The second-order valence-electron chi connectivity index (χ2n) is 4.07. The minimum absolute atomic E-state index is 0.138. The maximum Gasteiger partial charge on any atom is 0.165 e. The second-order valence-corrected chi connectivity index (χ2v) is 4.07. The van der Waals surface area contributed by atoms with E-state index in [0.29, 0.717) is 5.56 Å². The van der Waals surface area contributed by atoms with Crippen molar-refractivity contribution in [2.75, 3.05) is 0 Å². The molecule has 0 fully saturated rings. The molecular formula is C13H16O3. The maximum absolute atomic E-state index is 11.7. The molecule has 0 heterocycles. The van der Waals surface area contributed by atoms with Gasteiger partial charge in [0, 0.05) is 17.9 Å². The number of rotatable bonds is 5. The molecule has 0 saturated heterocycles. The van der Waals surface area contributed by atoms with E-state index in [1.54, 1.807) is 38.1 Å². The van der Waals surface area contributed by atoms with Crippen molar-refractivity contribution in [1.82, 2.24) is 0 Å². The van der Waals surface area contributed by atoms with E-state index < -0.39 is 6.10 Å². The van der Waals surface area contributed by atoms with Gasteiger partial charge in [-0.3, -0.25) is 9.59 Å². The predicted molar refractivity (Wildman–Crippen MR) is 61.2 cm³/mol. The van der Waals surface area contributed by atoms with Crippen molar-refractivity contribution >= 4 is 11.6 Å². The SMILES string of the molecule is CC(C)C(=O)C(O)CC(=O)c1ccccc1. The molecule has 0 aromatic heterocycles. The van der Waals surface area contributed by atoms with Crippen LogP contribution in [0.1, 0.15) is 30.6 Å². The Morgan fingerprint density at radius 1 is 1.19 bits per heavy atom. The molecule has 86 valence electrons. The largest absolute Gasteiger partial charge is 0.385 e. The molecule has 1 unspecified atom stereocenters. The first-order valence-corrected chi connectivity index (χ1v) is 5.32. The van der Waals surface area contributed by atoms with Crippen LogP contribution in [0.3, 0.4) is 0 Å². The van der Waals surface area contributed by atoms with E-state index in [-0.39, 0.29) is 23.9 Å². The van der Waals surface area contributed by atoms with Gasteiger partial charge in [-0.15, -0.1) is 0 Å². The number of hydrogen-bond acceptors (Lipinski definition) is 3. The molecular weight excluding hydrogens is 204 g/mol. The third-order valence-electron chi connectivity index (χ3n) is 2.37. The normalized spacial score (nSPS) is 12.5. The fraction of sp³-hybridized carbons (Fsp3) is 0.385. The monoisotopic (exact) mass is 220 g/mol. The van der Waals surface area contributed by atoms with E-state index in [1.165, 1.54) is 0 Å². The number of aliphatic hydroxyl groups is 1. The molecule has 0 saturated carbocycles. The average Bonchev–Trinajstić information content (AvgIpc) is 2.28. The van der Waals surface area contributed by atoms with Gasteiger partial charge in [0.1, 0.15) is 6.10 Å². The molecule has 1 aromatic carbocycles. The fourth-order valence-electron chi connectivity index (χ4n) is 1.40. The standard InChI is InChI=1S/C13H16O3/c1-9(2)13(16)12(15)8-11(14)10-6-4-3-5-7-10/h3-7,9,12,15H,8H2,1-2H3. The highest BCUT2D eigenvalue weighted by Crippen LogP contribution is 2.09. The molecule has 3 heteroatoms. The Labute approximate surface area is 95.1 Å². The second kappa shape index (κ2) is 5.56. The van der Waals surface area contributed by atoms with Gasteiger partial charge in [0.2, 0.25) is 0 Å². The van der Waals surface area contributed by atoms with Crippen LogP contribution < -0.4 is 0 Å². The molecule has 0 bridgehead atoms. The number of benzene rings is 1. The van der Waals surface area contributed by atoms with Crippen LogP contribution in [0, 0.1) is 5.92 Å². The smallest absolute Gasteiger partial charge is 0.165 e. The van der Waals surface area contributed by atoms with Gasteiger partial charge < -0.3 is 5.11 Å². The summed E-state index contributed by atoms with van der Waals surface area (Å²) in [5.74, 6) is -0.745. The van der Waals surface area contributed by atoms with Crippen molar-refractivity contribution in [1.29, 1.82) is 0 Å². The van der Waals surface area contributed by atoms with Crippen molar-refractivity contribution in [3.8, 4) is 0 Å². The van der Waals surface area contributed by atoms with E-state index >= 15 is 0 Å². The molecule has 0 aliphatic carbocycles. The Balaban J connectivity index is 2.62. The summed E-state index contributed by atoms with van der Waals surface area (Å²) < 4.78 is 0. The molecule has 0 amide bonds. The highest BCUT2D eigenvalue weighted by molar-refractivity contribution is 5.99. The molecule has 16 heavy (non-hydrogen) atoms. The third kappa shape index (κ3) is 3.28. The molecule has 0 aliphatic heterocycles. The van der Waals surface area contributed by atoms with Crippen molar-refractivity contribution in [2.24, 2.45) is 5.92 Å². The predicted octanol–water partition coefficient (Wildman–Crippen LogP) is 1.85. The maximum atomic E-state index is 11.7. The van der Waals surface area contributed by atoms with Crippen LogP contribution in [-0.4, -0.2) is 22.8 Å². The van der Waals surface area contributed by atoms with Gasteiger partial charge in [-0.05, 0) is 0 Å². The highest BCUT2D eigenvalue weighted by atomic mass is 16.3. The van der Waals surface area contributed by atoms with Crippen LogP contribution in [0.15, 0.2) is 30.3 Å². The Hall–Kier alpha value is -1.48. The quantitative estimate of drug-likeness (QED) is 0.770. The van der Waals surface area contributed by atoms with Crippen LogP contribution in [0.2, 0.25) is 0 Å². The van der Waals surface area contributed by atoms with Gasteiger partial charge in [-0.25, -0.2) is 0 Å². The number of carbonyl (C=O) groups is 2. The minimum Gasteiger partial charge on any atom is -0.385 e. The zero-order valence-electron chi connectivity index (χ0n) is 9.51. The average molecular weight is 220 g/mol. The first kappa shape index (κ1) is 12.6. The Morgan fingerprint density at radius 3 is 2.25 bits per heavy atom. The van der Waals surface area contributed by atoms with E-state index in [0.717, 1.165) is 0 Å². The topological polar surface area (TPSA) is 54.4 Å². The number of hydrogen-bond donors (Lipinski definition) is 1. The van der Waals surface area contributed by atoms with Gasteiger partial charge in [-0.1, -0.05) is 44.2 Å². The van der Waals surface area contributed by atoms with Gasteiger partial charge in [0.15, 0.2) is 11.6 Å². The molecule has 0 aliphatic rings. The molecule has 1 aromatic rings. The molecule has 3 nitrogen and oxygen atoms in total. The van der Waals surface area contributed by atoms with E-state index in [9.17, 15) is 14.7 Å². The van der Waals surface area contributed by atoms with Crippen LogP contribution >= 0.6 is 0 Å².